The molecule has 0 bridgehead atoms. The van der Waals surface area contributed by atoms with Crippen molar-refractivity contribution >= 4 is 29.1 Å². The summed E-state index contributed by atoms with van der Waals surface area (Å²) in [5.74, 6) is 0.469. The third-order valence-electron chi connectivity index (χ3n) is 8.14. The van der Waals surface area contributed by atoms with Gasteiger partial charge in [0.2, 0.25) is 5.91 Å². The van der Waals surface area contributed by atoms with Crippen LogP contribution in [0.1, 0.15) is 71.4 Å². The molecule has 1 atom stereocenters. The van der Waals surface area contributed by atoms with Gasteiger partial charge < -0.3 is 24.8 Å². The summed E-state index contributed by atoms with van der Waals surface area (Å²) in [5, 5.41) is 2.97. The molecule has 4 heterocycles. The number of hydrogen-bond acceptors (Lipinski definition) is 7. The normalized spacial score (nSPS) is 19.7. The van der Waals surface area contributed by atoms with Crippen molar-refractivity contribution in [2.75, 3.05) is 47.8 Å². The number of carbonyl (C=O) groups is 2. The molecule has 1 saturated carbocycles. The van der Waals surface area contributed by atoms with Gasteiger partial charge in [0.05, 0.1) is 48.1 Å². The van der Waals surface area contributed by atoms with Crippen molar-refractivity contribution in [3.05, 3.63) is 42.5 Å². The van der Waals surface area contributed by atoms with Gasteiger partial charge in [-0.15, -0.1) is 0 Å². The second-order valence-corrected chi connectivity index (χ2v) is 12.5. The van der Waals surface area contributed by atoms with Crippen molar-refractivity contribution in [3.63, 3.8) is 0 Å². The number of nitrogens with one attached hydrogen (secondary N) is 1. The van der Waals surface area contributed by atoms with Crippen LogP contribution in [0.4, 0.5) is 21.9 Å². The summed E-state index contributed by atoms with van der Waals surface area (Å²) in [4.78, 5) is 41.4. The first-order valence-corrected chi connectivity index (χ1v) is 14.9. The number of anilines is 3. The molecule has 9 heteroatoms. The molecule has 216 valence electrons. The standard InChI is InChI=1S/C31H44N6O3/c1-31(2,3)40-30(39)37(21-23-8-6-9-23)27-10-7-15-36(22-27)26-12-11-24(33-20-26)17-29(38)34-25-16-28(19-32-18-25)35-13-4-5-14-35/h11-12,16,18-20,23,27H,4-10,13-15,17,21-22H2,1-3H3,(H,34,38)/t27-/m1/s1. The Morgan fingerprint density at radius 1 is 0.975 bits per heavy atom. The molecule has 3 aliphatic rings. The number of hydrogen-bond donors (Lipinski definition) is 1. The first-order valence-electron chi connectivity index (χ1n) is 14.9. The Kier molecular flexibility index (Phi) is 8.76. The average Bonchev–Trinajstić information content (AvgIpc) is 3.43. The monoisotopic (exact) mass is 548 g/mol. The van der Waals surface area contributed by atoms with Gasteiger partial charge in [-0.1, -0.05) is 6.42 Å². The van der Waals surface area contributed by atoms with E-state index >= 15 is 0 Å². The molecule has 2 amide bonds. The van der Waals surface area contributed by atoms with Gasteiger partial charge in [0, 0.05) is 38.4 Å². The molecule has 2 saturated heterocycles. The summed E-state index contributed by atoms with van der Waals surface area (Å²) < 4.78 is 5.80. The highest BCUT2D eigenvalue weighted by Gasteiger charge is 2.34. The third kappa shape index (κ3) is 7.43. The Hall–Kier alpha value is -3.36. The van der Waals surface area contributed by atoms with Crippen LogP contribution in [-0.4, -0.2) is 71.2 Å². The van der Waals surface area contributed by atoms with E-state index in [4.69, 9.17) is 4.74 Å². The van der Waals surface area contributed by atoms with Crippen LogP contribution in [0.2, 0.25) is 0 Å². The zero-order valence-corrected chi connectivity index (χ0v) is 24.3. The molecule has 40 heavy (non-hydrogen) atoms. The highest BCUT2D eigenvalue weighted by Crippen LogP contribution is 2.31. The van der Waals surface area contributed by atoms with E-state index in [1.807, 2.05) is 56.3 Å². The molecular formula is C31H44N6O3. The molecule has 2 aromatic rings. The van der Waals surface area contributed by atoms with Gasteiger partial charge in [-0.2, -0.15) is 0 Å². The fourth-order valence-electron chi connectivity index (χ4n) is 5.81. The number of carbonyl (C=O) groups excluding carboxylic acids is 2. The zero-order valence-electron chi connectivity index (χ0n) is 24.3. The highest BCUT2D eigenvalue weighted by atomic mass is 16.6. The maximum absolute atomic E-state index is 13.2. The number of piperidine rings is 1. The molecule has 2 aliphatic heterocycles. The van der Waals surface area contributed by atoms with E-state index in [2.05, 4.69) is 25.1 Å². The van der Waals surface area contributed by atoms with E-state index in [1.54, 1.807) is 6.20 Å². The summed E-state index contributed by atoms with van der Waals surface area (Å²) in [6.07, 6.45) is 13.4. The second kappa shape index (κ2) is 12.4. The van der Waals surface area contributed by atoms with Gasteiger partial charge in [-0.05, 0) is 83.4 Å². The Balaban J connectivity index is 1.18. The fraction of sp³-hybridized carbons (Fsp3) is 0.613. The lowest BCUT2D eigenvalue weighted by Gasteiger charge is -2.43. The summed E-state index contributed by atoms with van der Waals surface area (Å²) in [5.41, 5.74) is 2.99. The number of rotatable bonds is 8. The quantitative estimate of drug-likeness (QED) is 0.481. The van der Waals surface area contributed by atoms with Crippen molar-refractivity contribution < 1.29 is 14.3 Å². The van der Waals surface area contributed by atoms with Crippen LogP contribution in [0.5, 0.6) is 0 Å². The van der Waals surface area contributed by atoms with Gasteiger partial charge in [0.25, 0.3) is 0 Å². The minimum Gasteiger partial charge on any atom is -0.444 e. The number of pyridine rings is 2. The smallest absolute Gasteiger partial charge is 0.410 e. The molecule has 0 spiro atoms. The SMILES string of the molecule is CC(C)(C)OC(=O)N(CC1CCC1)[C@@H]1CCCN(c2ccc(CC(=O)Nc3cncc(N4CCCC4)c3)nc2)C1. The lowest BCUT2D eigenvalue weighted by Crippen LogP contribution is -2.53. The third-order valence-corrected chi connectivity index (χ3v) is 8.14. The first kappa shape index (κ1) is 28.2. The summed E-state index contributed by atoms with van der Waals surface area (Å²) in [7, 11) is 0. The van der Waals surface area contributed by atoms with Gasteiger partial charge >= 0.3 is 6.09 Å². The van der Waals surface area contributed by atoms with Gasteiger partial charge in [-0.3, -0.25) is 14.8 Å². The van der Waals surface area contributed by atoms with E-state index in [9.17, 15) is 9.59 Å². The number of amides is 2. The van der Waals surface area contributed by atoms with Crippen LogP contribution >= 0.6 is 0 Å². The van der Waals surface area contributed by atoms with Crippen molar-refractivity contribution in [2.45, 2.75) is 83.8 Å². The van der Waals surface area contributed by atoms with E-state index < -0.39 is 5.60 Å². The van der Waals surface area contributed by atoms with Gasteiger partial charge in [0.15, 0.2) is 0 Å². The zero-order chi connectivity index (χ0) is 28.1. The van der Waals surface area contributed by atoms with E-state index in [-0.39, 0.29) is 24.5 Å². The minimum absolute atomic E-state index is 0.109. The molecule has 3 fully saturated rings. The molecule has 0 unspecified atom stereocenters. The molecule has 0 radical (unpaired) electrons. The average molecular weight is 549 g/mol. The lowest BCUT2D eigenvalue weighted by molar-refractivity contribution is -0.115. The number of ether oxygens (including phenoxy) is 1. The van der Waals surface area contributed by atoms with Crippen LogP contribution in [0, 0.1) is 5.92 Å². The van der Waals surface area contributed by atoms with Crippen molar-refractivity contribution in [3.8, 4) is 0 Å². The van der Waals surface area contributed by atoms with Crippen molar-refractivity contribution in [2.24, 2.45) is 5.92 Å². The number of aromatic nitrogens is 2. The minimum atomic E-state index is -0.511. The van der Waals surface area contributed by atoms with Gasteiger partial charge in [-0.25, -0.2) is 4.79 Å². The summed E-state index contributed by atoms with van der Waals surface area (Å²) >= 11 is 0. The van der Waals surface area contributed by atoms with Crippen molar-refractivity contribution in [1.82, 2.24) is 14.9 Å². The lowest BCUT2D eigenvalue weighted by atomic mass is 9.84. The number of nitrogens with zero attached hydrogens (tertiary/aromatic N) is 5. The van der Waals surface area contributed by atoms with Crippen LogP contribution < -0.4 is 15.1 Å². The van der Waals surface area contributed by atoms with E-state index in [0.717, 1.165) is 62.6 Å². The fourth-order valence-corrected chi connectivity index (χ4v) is 5.81. The summed E-state index contributed by atoms with van der Waals surface area (Å²) in [6.45, 7) is 10.3. The molecule has 1 aliphatic carbocycles. The summed E-state index contributed by atoms with van der Waals surface area (Å²) in [6, 6.07) is 6.07. The molecule has 0 aromatic carbocycles. The van der Waals surface area contributed by atoms with Crippen LogP contribution in [0.25, 0.3) is 0 Å². The van der Waals surface area contributed by atoms with Crippen LogP contribution in [-0.2, 0) is 16.0 Å². The Morgan fingerprint density at radius 2 is 1.75 bits per heavy atom. The van der Waals surface area contributed by atoms with E-state index in [1.165, 1.54) is 32.1 Å². The van der Waals surface area contributed by atoms with Crippen LogP contribution in [0.3, 0.4) is 0 Å². The van der Waals surface area contributed by atoms with Gasteiger partial charge in [0.1, 0.15) is 5.60 Å². The highest BCUT2D eigenvalue weighted by molar-refractivity contribution is 5.92. The topological polar surface area (TPSA) is 90.9 Å². The Morgan fingerprint density at radius 3 is 2.42 bits per heavy atom. The molecule has 5 rings (SSSR count). The first-order chi connectivity index (χ1) is 19.2. The van der Waals surface area contributed by atoms with Crippen LogP contribution in [0.15, 0.2) is 36.8 Å². The molecular weight excluding hydrogens is 504 g/mol. The maximum atomic E-state index is 13.2. The maximum Gasteiger partial charge on any atom is 0.410 e. The predicted octanol–water partition coefficient (Wildman–Crippen LogP) is 5.26. The Labute approximate surface area is 238 Å². The molecule has 9 nitrogen and oxygen atoms in total. The molecule has 2 aromatic heterocycles. The Bertz CT molecular complexity index is 1150. The predicted molar refractivity (Wildman–Crippen MR) is 158 cm³/mol. The molecule has 1 N–H and O–H groups in total. The largest absolute Gasteiger partial charge is 0.444 e. The van der Waals surface area contributed by atoms with Crippen molar-refractivity contribution in [1.29, 1.82) is 0 Å². The van der Waals surface area contributed by atoms with E-state index in [0.29, 0.717) is 11.6 Å². The second-order valence-electron chi connectivity index (χ2n) is 12.5.